The van der Waals surface area contributed by atoms with Crippen molar-refractivity contribution in [1.29, 1.82) is 0 Å². The molecule has 2 unspecified atom stereocenters. The first-order chi connectivity index (χ1) is 6.69. The molecule has 1 heterocycles. The molecular formula is C10H20N2O2. The number of methoxy groups -OCH3 is 1. The minimum atomic E-state index is 0.355. The Morgan fingerprint density at radius 3 is 2.93 bits per heavy atom. The summed E-state index contributed by atoms with van der Waals surface area (Å²) in [5.74, 6) is 0.355. The molecule has 1 fully saturated rings. The first-order valence-electron chi connectivity index (χ1n) is 5.12. The Kier molecular flexibility index (Phi) is 4.35. The van der Waals surface area contributed by atoms with E-state index in [0.29, 0.717) is 12.0 Å². The number of oxime groups is 1. The maximum Gasteiger partial charge on any atom is 0.0624 e. The molecule has 0 radical (unpaired) electrons. The fraction of sp³-hybridized carbons (Fsp3) is 0.900. The van der Waals surface area contributed by atoms with Crippen LogP contribution in [0.15, 0.2) is 5.16 Å². The van der Waals surface area contributed by atoms with E-state index in [0.717, 1.165) is 31.8 Å². The molecule has 0 spiro atoms. The lowest BCUT2D eigenvalue weighted by Crippen LogP contribution is -2.46. The highest BCUT2D eigenvalue weighted by atomic mass is 16.5. The second kappa shape index (κ2) is 5.32. The molecule has 2 atom stereocenters. The zero-order chi connectivity index (χ0) is 10.6. The number of hydrogen-bond donors (Lipinski definition) is 1. The van der Waals surface area contributed by atoms with Gasteiger partial charge in [-0.05, 0) is 6.92 Å². The van der Waals surface area contributed by atoms with Gasteiger partial charge in [-0.1, -0.05) is 12.1 Å². The molecule has 1 saturated heterocycles. The molecule has 0 aliphatic carbocycles. The Hall–Kier alpha value is -0.610. The van der Waals surface area contributed by atoms with Gasteiger partial charge in [-0.15, -0.1) is 0 Å². The smallest absolute Gasteiger partial charge is 0.0624 e. The van der Waals surface area contributed by atoms with Gasteiger partial charge >= 0.3 is 0 Å². The molecule has 14 heavy (non-hydrogen) atoms. The molecule has 82 valence electrons. The zero-order valence-electron chi connectivity index (χ0n) is 9.23. The largest absolute Gasteiger partial charge is 0.411 e. The summed E-state index contributed by atoms with van der Waals surface area (Å²) in [7, 11) is 1.73. The Bertz CT molecular complexity index is 206. The Balaban J connectivity index is 2.45. The number of likely N-dealkylation sites (tertiary alicyclic amines) is 1. The SMILES string of the molecule is COCC(C)N1CCC(=NO)C(C)C1. The lowest BCUT2D eigenvalue weighted by Gasteiger charge is -2.35. The number of nitrogens with zero attached hydrogens (tertiary/aromatic N) is 2. The van der Waals surface area contributed by atoms with Gasteiger partial charge in [0.25, 0.3) is 0 Å². The van der Waals surface area contributed by atoms with Crippen molar-refractivity contribution in [3.8, 4) is 0 Å². The topological polar surface area (TPSA) is 45.1 Å². The van der Waals surface area contributed by atoms with Crippen molar-refractivity contribution in [2.24, 2.45) is 11.1 Å². The third-order valence-corrected chi connectivity index (χ3v) is 2.89. The normalized spacial score (nSPS) is 29.4. The van der Waals surface area contributed by atoms with Crippen LogP contribution in [0.4, 0.5) is 0 Å². The van der Waals surface area contributed by atoms with E-state index >= 15 is 0 Å². The summed E-state index contributed by atoms with van der Waals surface area (Å²) >= 11 is 0. The van der Waals surface area contributed by atoms with E-state index in [1.165, 1.54) is 0 Å². The van der Waals surface area contributed by atoms with Gasteiger partial charge in [0, 0.05) is 38.6 Å². The Morgan fingerprint density at radius 1 is 1.71 bits per heavy atom. The lowest BCUT2D eigenvalue weighted by molar-refractivity contribution is 0.0903. The predicted octanol–water partition coefficient (Wildman–Crippen LogP) is 1.19. The maximum absolute atomic E-state index is 8.73. The fourth-order valence-corrected chi connectivity index (χ4v) is 1.95. The summed E-state index contributed by atoms with van der Waals surface area (Å²) in [6.07, 6.45) is 0.867. The van der Waals surface area contributed by atoms with Crippen molar-refractivity contribution in [1.82, 2.24) is 4.90 Å². The van der Waals surface area contributed by atoms with Crippen LogP contribution in [0.25, 0.3) is 0 Å². The summed E-state index contributed by atoms with van der Waals surface area (Å²) in [5.41, 5.74) is 0.922. The molecule has 0 bridgehead atoms. The molecule has 1 aliphatic rings. The van der Waals surface area contributed by atoms with E-state index in [1.807, 2.05) is 0 Å². The molecule has 4 heteroatoms. The van der Waals surface area contributed by atoms with Gasteiger partial charge in [-0.3, -0.25) is 4.90 Å². The van der Waals surface area contributed by atoms with Crippen LogP contribution < -0.4 is 0 Å². The number of ether oxygens (including phenoxy) is 1. The molecule has 4 nitrogen and oxygen atoms in total. The average Bonchev–Trinajstić information content (AvgIpc) is 2.18. The van der Waals surface area contributed by atoms with Crippen LogP contribution in [0.2, 0.25) is 0 Å². The minimum absolute atomic E-state index is 0.355. The van der Waals surface area contributed by atoms with E-state index in [4.69, 9.17) is 9.94 Å². The molecule has 0 aromatic heterocycles. The molecule has 0 aromatic carbocycles. The van der Waals surface area contributed by atoms with Crippen LogP contribution in [0.3, 0.4) is 0 Å². The monoisotopic (exact) mass is 200 g/mol. The molecular weight excluding hydrogens is 180 g/mol. The van der Waals surface area contributed by atoms with Gasteiger partial charge in [-0.2, -0.15) is 0 Å². The first kappa shape index (κ1) is 11.5. The molecule has 0 aromatic rings. The second-order valence-corrected chi connectivity index (χ2v) is 4.04. The highest BCUT2D eigenvalue weighted by Crippen LogP contribution is 2.16. The third kappa shape index (κ3) is 2.69. The summed E-state index contributed by atoms with van der Waals surface area (Å²) in [6, 6.07) is 0.447. The van der Waals surface area contributed by atoms with Crippen molar-refractivity contribution in [2.45, 2.75) is 26.3 Å². The molecule has 0 saturated carbocycles. The van der Waals surface area contributed by atoms with Gasteiger partial charge in [0.2, 0.25) is 0 Å². The van der Waals surface area contributed by atoms with E-state index in [9.17, 15) is 0 Å². The van der Waals surface area contributed by atoms with Crippen LogP contribution in [0.5, 0.6) is 0 Å². The summed E-state index contributed by atoms with van der Waals surface area (Å²) in [4.78, 5) is 2.38. The van der Waals surface area contributed by atoms with Crippen molar-refractivity contribution < 1.29 is 9.94 Å². The molecule has 1 aliphatic heterocycles. The van der Waals surface area contributed by atoms with E-state index in [1.54, 1.807) is 7.11 Å². The highest BCUT2D eigenvalue weighted by molar-refractivity contribution is 5.86. The van der Waals surface area contributed by atoms with Crippen molar-refractivity contribution >= 4 is 5.71 Å². The summed E-state index contributed by atoms with van der Waals surface area (Å²) in [5, 5.41) is 12.1. The van der Waals surface area contributed by atoms with Gasteiger partial charge < -0.3 is 9.94 Å². The summed E-state index contributed by atoms with van der Waals surface area (Å²) in [6.45, 7) is 6.95. The van der Waals surface area contributed by atoms with Crippen LogP contribution in [0, 0.1) is 5.92 Å². The Labute approximate surface area is 85.5 Å². The molecule has 1 rings (SSSR count). The second-order valence-electron chi connectivity index (χ2n) is 4.04. The van der Waals surface area contributed by atoms with Gasteiger partial charge in [-0.25, -0.2) is 0 Å². The predicted molar refractivity (Wildman–Crippen MR) is 55.9 cm³/mol. The molecule has 0 amide bonds. The maximum atomic E-state index is 8.73. The third-order valence-electron chi connectivity index (χ3n) is 2.89. The van der Waals surface area contributed by atoms with E-state index in [2.05, 4.69) is 23.9 Å². The fourth-order valence-electron chi connectivity index (χ4n) is 1.95. The molecule has 1 N–H and O–H groups in total. The highest BCUT2D eigenvalue weighted by Gasteiger charge is 2.25. The van der Waals surface area contributed by atoms with Gasteiger partial charge in [0.1, 0.15) is 0 Å². The summed E-state index contributed by atoms with van der Waals surface area (Å²) < 4.78 is 5.12. The quantitative estimate of drug-likeness (QED) is 0.550. The first-order valence-corrected chi connectivity index (χ1v) is 5.12. The number of rotatable bonds is 3. The number of hydrogen-bond acceptors (Lipinski definition) is 4. The lowest BCUT2D eigenvalue weighted by atomic mass is 9.96. The van der Waals surface area contributed by atoms with Crippen LogP contribution in [-0.4, -0.2) is 48.7 Å². The van der Waals surface area contributed by atoms with Gasteiger partial charge in [0.15, 0.2) is 0 Å². The van der Waals surface area contributed by atoms with E-state index in [-0.39, 0.29) is 0 Å². The van der Waals surface area contributed by atoms with Gasteiger partial charge in [0.05, 0.1) is 12.3 Å². The van der Waals surface area contributed by atoms with Crippen molar-refractivity contribution in [3.63, 3.8) is 0 Å². The van der Waals surface area contributed by atoms with E-state index < -0.39 is 0 Å². The van der Waals surface area contributed by atoms with Crippen molar-refractivity contribution in [3.05, 3.63) is 0 Å². The Morgan fingerprint density at radius 2 is 2.43 bits per heavy atom. The van der Waals surface area contributed by atoms with Crippen molar-refractivity contribution in [2.75, 3.05) is 26.8 Å². The average molecular weight is 200 g/mol. The van der Waals surface area contributed by atoms with Crippen LogP contribution >= 0.6 is 0 Å². The zero-order valence-corrected chi connectivity index (χ0v) is 9.23. The number of piperidine rings is 1. The minimum Gasteiger partial charge on any atom is -0.411 e. The standard InChI is InChI=1S/C10H20N2O2/c1-8-6-12(9(2)7-14-3)5-4-10(8)11-13/h8-9,13H,4-7H2,1-3H3. The van der Waals surface area contributed by atoms with Crippen LogP contribution in [-0.2, 0) is 4.74 Å². The van der Waals surface area contributed by atoms with Crippen LogP contribution in [0.1, 0.15) is 20.3 Å².